The molecule has 3 nitrogen and oxygen atoms in total. The summed E-state index contributed by atoms with van der Waals surface area (Å²) in [6.07, 6.45) is 0. The molecule has 0 spiro atoms. The summed E-state index contributed by atoms with van der Waals surface area (Å²) in [5, 5.41) is 1.49. The minimum atomic E-state index is 0.342. The van der Waals surface area contributed by atoms with Crippen LogP contribution < -0.4 is 5.73 Å². The lowest BCUT2D eigenvalue weighted by molar-refractivity contribution is 1.09. The number of rotatable bonds is 1. The van der Waals surface area contributed by atoms with E-state index < -0.39 is 0 Å². The largest absolute Gasteiger partial charge is 0.369 e. The van der Waals surface area contributed by atoms with Gasteiger partial charge in [-0.3, -0.25) is 4.57 Å². The summed E-state index contributed by atoms with van der Waals surface area (Å²) >= 11 is 18.4. The van der Waals surface area contributed by atoms with Crippen LogP contribution in [0.5, 0.6) is 0 Å². The smallest absolute Gasteiger partial charge is 0.205 e. The van der Waals surface area contributed by atoms with E-state index in [1.807, 2.05) is 25.1 Å². The minimum Gasteiger partial charge on any atom is -0.369 e. The van der Waals surface area contributed by atoms with Gasteiger partial charge in [0.15, 0.2) is 0 Å². The van der Waals surface area contributed by atoms with Gasteiger partial charge in [0.2, 0.25) is 5.95 Å². The highest BCUT2D eigenvalue weighted by molar-refractivity contribution is 6.42. The van der Waals surface area contributed by atoms with Crippen LogP contribution in [0.3, 0.4) is 0 Å². The summed E-state index contributed by atoms with van der Waals surface area (Å²) in [6, 6.07) is 9.10. The number of aromatic nitrogens is 2. The number of nitrogens with zero attached hydrogens (tertiary/aromatic N) is 2. The van der Waals surface area contributed by atoms with Gasteiger partial charge in [0.25, 0.3) is 0 Å². The van der Waals surface area contributed by atoms with Crippen molar-refractivity contribution in [1.82, 2.24) is 9.55 Å². The number of anilines is 1. The molecule has 0 saturated heterocycles. The number of hydrogen-bond acceptors (Lipinski definition) is 2. The van der Waals surface area contributed by atoms with Crippen LogP contribution in [0, 0.1) is 6.92 Å². The summed E-state index contributed by atoms with van der Waals surface area (Å²) in [6.45, 7) is 1.96. The van der Waals surface area contributed by atoms with Gasteiger partial charge in [-0.25, -0.2) is 4.98 Å². The number of aryl methyl sites for hydroxylation is 1. The van der Waals surface area contributed by atoms with Crippen molar-refractivity contribution in [2.75, 3.05) is 5.73 Å². The SMILES string of the molecule is Cc1cccc(Cl)c1-n1c(N)nc2cc(Cl)c(Cl)cc21. The summed E-state index contributed by atoms with van der Waals surface area (Å²) < 4.78 is 1.79. The predicted molar refractivity (Wildman–Crippen MR) is 85.2 cm³/mol. The van der Waals surface area contributed by atoms with Crippen molar-refractivity contribution in [3.8, 4) is 5.69 Å². The number of nitrogens with two attached hydrogens (primary N) is 1. The second-order valence-electron chi connectivity index (χ2n) is 4.47. The average molecular weight is 327 g/mol. The van der Waals surface area contributed by atoms with E-state index in [1.165, 1.54) is 0 Å². The van der Waals surface area contributed by atoms with E-state index in [0.29, 0.717) is 26.5 Å². The zero-order valence-electron chi connectivity index (χ0n) is 10.5. The molecule has 20 heavy (non-hydrogen) atoms. The molecule has 2 N–H and O–H groups in total. The minimum absolute atomic E-state index is 0.342. The quantitative estimate of drug-likeness (QED) is 0.693. The second kappa shape index (κ2) is 4.85. The molecule has 3 rings (SSSR count). The molecule has 1 aromatic heterocycles. The van der Waals surface area contributed by atoms with E-state index >= 15 is 0 Å². The molecular formula is C14H10Cl3N3. The van der Waals surface area contributed by atoms with Crippen LogP contribution in [0.2, 0.25) is 15.1 Å². The third-order valence-electron chi connectivity index (χ3n) is 3.13. The van der Waals surface area contributed by atoms with Gasteiger partial charge >= 0.3 is 0 Å². The molecule has 0 amide bonds. The molecule has 0 aliphatic carbocycles. The lowest BCUT2D eigenvalue weighted by atomic mass is 10.2. The molecule has 1 heterocycles. The molecular weight excluding hydrogens is 317 g/mol. The summed E-state index contributed by atoms with van der Waals surface area (Å²) in [7, 11) is 0. The molecule has 6 heteroatoms. The highest BCUT2D eigenvalue weighted by Crippen LogP contribution is 2.34. The van der Waals surface area contributed by atoms with E-state index in [0.717, 1.165) is 16.8 Å². The molecule has 0 bridgehead atoms. The molecule has 0 unspecified atom stereocenters. The summed E-state index contributed by atoms with van der Waals surface area (Å²) in [5.74, 6) is 0.342. The Bertz CT molecular complexity index is 804. The summed E-state index contributed by atoms with van der Waals surface area (Å²) in [4.78, 5) is 4.31. The highest BCUT2D eigenvalue weighted by Gasteiger charge is 2.16. The molecule has 0 atom stereocenters. The van der Waals surface area contributed by atoms with Crippen LogP contribution >= 0.6 is 34.8 Å². The van der Waals surface area contributed by atoms with Crippen molar-refractivity contribution in [3.05, 3.63) is 51.0 Å². The number of halogens is 3. The van der Waals surface area contributed by atoms with Crippen molar-refractivity contribution in [2.24, 2.45) is 0 Å². The Morgan fingerprint density at radius 2 is 1.75 bits per heavy atom. The van der Waals surface area contributed by atoms with E-state index in [4.69, 9.17) is 40.5 Å². The van der Waals surface area contributed by atoms with Crippen LogP contribution in [0.1, 0.15) is 5.56 Å². The predicted octanol–water partition coefficient (Wildman–Crippen LogP) is 4.88. The van der Waals surface area contributed by atoms with Gasteiger partial charge < -0.3 is 5.73 Å². The molecule has 0 radical (unpaired) electrons. The van der Waals surface area contributed by atoms with Gasteiger partial charge in [-0.2, -0.15) is 0 Å². The fourth-order valence-electron chi connectivity index (χ4n) is 2.23. The van der Waals surface area contributed by atoms with Gasteiger partial charge in [0, 0.05) is 0 Å². The average Bonchev–Trinajstić information content (AvgIpc) is 2.67. The van der Waals surface area contributed by atoms with Crippen molar-refractivity contribution in [1.29, 1.82) is 0 Å². The van der Waals surface area contributed by atoms with Gasteiger partial charge in [-0.1, -0.05) is 46.9 Å². The van der Waals surface area contributed by atoms with Gasteiger partial charge in [0.05, 0.1) is 31.8 Å². The molecule has 102 valence electrons. The second-order valence-corrected chi connectivity index (χ2v) is 5.69. The monoisotopic (exact) mass is 325 g/mol. The number of benzene rings is 2. The summed E-state index contributed by atoms with van der Waals surface area (Å²) in [5.41, 5.74) is 9.27. The first-order valence-electron chi connectivity index (χ1n) is 5.87. The van der Waals surface area contributed by atoms with Crippen molar-refractivity contribution in [2.45, 2.75) is 6.92 Å². The first kappa shape index (κ1) is 13.6. The third kappa shape index (κ3) is 2.03. The Morgan fingerprint density at radius 3 is 2.45 bits per heavy atom. The van der Waals surface area contributed by atoms with E-state index in [-0.39, 0.29) is 0 Å². The Kier molecular flexibility index (Phi) is 3.28. The first-order valence-corrected chi connectivity index (χ1v) is 7.01. The molecule has 0 saturated carbocycles. The Hall–Kier alpha value is -1.42. The van der Waals surface area contributed by atoms with Crippen LogP contribution in [0.4, 0.5) is 5.95 Å². The Balaban J connectivity index is 2.42. The third-order valence-corrected chi connectivity index (χ3v) is 4.16. The molecule has 2 aromatic carbocycles. The number of fused-ring (bicyclic) bond motifs is 1. The zero-order chi connectivity index (χ0) is 14.4. The van der Waals surface area contributed by atoms with E-state index in [2.05, 4.69) is 4.98 Å². The Labute approximate surface area is 130 Å². The lowest BCUT2D eigenvalue weighted by Crippen LogP contribution is -2.03. The maximum absolute atomic E-state index is 6.30. The number of nitrogen functional groups attached to an aromatic ring is 1. The fraction of sp³-hybridized carbons (Fsp3) is 0.0714. The van der Waals surface area contributed by atoms with Crippen LogP contribution in [0.25, 0.3) is 16.7 Å². The van der Waals surface area contributed by atoms with Crippen molar-refractivity contribution >= 4 is 51.8 Å². The van der Waals surface area contributed by atoms with Gasteiger partial charge in [-0.05, 0) is 30.7 Å². The van der Waals surface area contributed by atoms with Crippen LogP contribution in [0.15, 0.2) is 30.3 Å². The molecule has 3 aromatic rings. The number of hydrogen-bond donors (Lipinski definition) is 1. The number of para-hydroxylation sites is 1. The first-order chi connectivity index (χ1) is 9.49. The lowest BCUT2D eigenvalue weighted by Gasteiger charge is -2.12. The molecule has 0 aliphatic rings. The standard InChI is InChI=1S/C14H10Cl3N3/c1-7-3-2-4-8(15)13(7)20-12-6-10(17)9(16)5-11(12)19-14(20)18/h2-6H,1H3,(H2,18,19). The normalized spacial score (nSPS) is 11.2. The van der Waals surface area contributed by atoms with Crippen molar-refractivity contribution < 1.29 is 0 Å². The topological polar surface area (TPSA) is 43.8 Å². The molecule has 0 fully saturated rings. The maximum atomic E-state index is 6.30. The number of imidazole rings is 1. The van der Waals surface area contributed by atoms with Gasteiger partial charge in [0.1, 0.15) is 0 Å². The van der Waals surface area contributed by atoms with Gasteiger partial charge in [-0.15, -0.1) is 0 Å². The van der Waals surface area contributed by atoms with Crippen LogP contribution in [-0.2, 0) is 0 Å². The van der Waals surface area contributed by atoms with E-state index in [9.17, 15) is 0 Å². The van der Waals surface area contributed by atoms with Crippen LogP contribution in [-0.4, -0.2) is 9.55 Å². The van der Waals surface area contributed by atoms with E-state index in [1.54, 1.807) is 16.7 Å². The van der Waals surface area contributed by atoms with Crippen molar-refractivity contribution in [3.63, 3.8) is 0 Å². The fourth-order valence-corrected chi connectivity index (χ4v) is 2.85. The zero-order valence-corrected chi connectivity index (χ0v) is 12.8. The Morgan fingerprint density at radius 1 is 1.05 bits per heavy atom. The highest BCUT2D eigenvalue weighted by atomic mass is 35.5. The molecule has 0 aliphatic heterocycles. The maximum Gasteiger partial charge on any atom is 0.205 e.